The Morgan fingerprint density at radius 1 is 0.963 bits per heavy atom. The van der Waals surface area contributed by atoms with E-state index >= 15 is 0 Å². The van der Waals surface area contributed by atoms with E-state index in [2.05, 4.69) is 16.7 Å². The highest BCUT2D eigenvalue weighted by Crippen LogP contribution is 2.60. The molecular weight excluding hydrogens is 336 g/mol. The molecule has 0 spiro atoms. The molecule has 4 fully saturated rings. The minimum Gasteiger partial charge on any atom is -0.347 e. The van der Waals surface area contributed by atoms with Crippen LogP contribution in [-0.4, -0.2) is 18.4 Å². The standard InChI is InChI=1S/C23H30N2O2/c26-21(25-20-7-3-5-18-4-1-2-6-19(18)20)14-24-22(27)23-11-15-8-16(12-23)10-17(9-15)13-23/h3,5,7,15-17H,1-2,4,6,8-14H2,(H,24,27)(H,25,26). The third kappa shape index (κ3) is 3.17. The molecule has 2 amide bonds. The summed E-state index contributed by atoms with van der Waals surface area (Å²) in [7, 11) is 0. The van der Waals surface area contributed by atoms with E-state index in [1.165, 1.54) is 43.2 Å². The number of hydrogen-bond donors (Lipinski definition) is 2. The van der Waals surface area contributed by atoms with Crippen LogP contribution in [-0.2, 0) is 22.4 Å². The zero-order valence-electron chi connectivity index (χ0n) is 16.1. The molecule has 6 rings (SSSR count). The van der Waals surface area contributed by atoms with Gasteiger partial charge in [0.1, 0.15) is 0 Å². The van der Waals surface area contributed by atoms with Gasteiger partial charge in [-0.1, -0.05) is 12.1 Å². The minimum absolute atomic E-state index is 0.0876. The maximum Gasteiger partial charge on any atom is 0.243 e. The van der Waals surface area contributed by atoms with Gasteiger partial charge in [-0.25, -0.2) is 0 Å². The van der Waals surface area contributed by atoms with Crippen molar-refractivity contribution in [3.8, 4) is 0 Å². The third-order valence-electron chi connectivity index (χ3n) is 7.60. The first-order valence-electron chi connectivity index (χ1n) is 10.8. The van der Waals surface area contributed by atoms with Gasteiger partial charge in [-0.3, -0.25) is 9.59 Å². The van der Waals surface area contributed by atoms with Gasteiger partial charge in [0.15, 0.2) is 0 Å². The summed E-state index contributed by atoms with van der Waals surface area (Å²) in [6.07, 6.45) is 11.6. The average molecular weight is 367 g/mol. The van der Waals surface area contributed by atoms with E-state index in [4.69, 9.17) is 0 Å². The molecule has 0 heterocycles. The van der Waals surface area contributed by atoms with Crippen molar-refractivity contribution in [3.63, 3.8) is 0 Å². The molecule has 27 heavy (non-hydrogen) atoms. The highest BCUT2D eigenvalue weighted by molar-refractivity contribution is 5.96. The predicted molar refractivity (Wildman–Crippen MR) is 105 cm³/mol. The van der Waals surface area contributed by atoms with E-state index in [9.17, 15) is 9.59 Å². The number of amides is 2. The van der Waals surface area contributed by atoms with E-state index in [-0.39, 0.29) is 23.8 Å². The first-order valence-corrected chi connectivity index (χ1v) is 10.8. The number of nitrogens with one attached hydrogen (secondary N) is 2. The lowest BCUT2D eigenvalue weighted by Gasteiger charge is -2.55. The Morgan fingerprint density at radius 3 is 2.33 bits per heavy atom. The van der Waals surface area contributed by atoms with E-state index in [1.807, 2.05) is 12.1 Å². The Hall–Kier alpha value is -1.84. The van der Waals surface area contributed by atoms with Gasteiger partial charge >= 0.3 is 0 Å². The highest BCUT2D eigenvalue weighted by atomic mass is 16.2. The van der Waals surface area contributed by atoms with Crippen molar-refractivity contribution in [2.45, 2.75) is 64.2 Å². The molecule has 1 aromatic carbocycles. The van der Waals surface area contributed by atoms with Crippen molar-refractivity contribution >= 4 is 17.5 Å². The SMILES string of the molecule is O=C(CNC(=O)C12CC3CC(CC(C3)C1)C2)Nc1cccc2c1CCCC2. The number of aryl methyl sites for hydroxylation is 1. The number of rotatable bonds is 4. The molecule has 0 saturated heterocycles. The number of carbonyl (C=O) groups is 2. The first-order chi connectivity index (χ1) is 13.1. The Kier molecular flexibility index (Phi) is 4.25. The molecule has 1 aromatic rings. The van der Waals surface area contributed by atoms with E-state index in [1.54, 1.807) is 0 Å². The summed E-state index contributed by atoms with van der Waals surface area (Å²) < 4.78 is 0. The van der Waals surface area contributed by atoms with Gasteiger partial charge in [0, 0.05) is 11.1 Å². The summed E-state index contributed by atoms with van der Waals surface area (Å²) in [6, 6.07) is 6.18. The number of carbonyl (C=O) groups excluding carboxylic acids is 2. The fourth-order valence-electron chi connectivity index (χ4n) is 6.83. The number of hydrogen-bond acceptors (Lipinski definition) is 2. The zero-order chi connectivity index (χ0) is 18.4. The fourth-order valence-corrected chi connectivity index (χ4v) is 6.83. The van der Waals surface area contributed by atoms with Gasteiger partial charge in [-0.05, 0) is 99.2 Å². The topological polar surface area (TPSA) is 58.2 Å². The Morgan fingerprint density at radius 2 is 1.63 bits per heavy atom. The van der Waals surface area contributed by atoms with Gasteiger partial charge in [0.25, 0.3) is 0 Å². The van der Waals surface area contributed by atoms with Crippen LogP contribution in [0.3, 0.4) is 0 Å². The fraction of sp³-hybridized carbons (Fsp3) is 0.652. The smallest absolute Gasteiger partial charge is 0.243 e. The molecule has 4 heteroatoms. The molecule has 0 aliphatic heterocycles. The Balaban J connectivity index is 1.21. The molecule has 0 atom stereocenters. The van der Waals surface area contributed by atoms with Crippen molar-refractivity contribution in [3.05, 3.63) is 29.3 Å². The monoisotopic (exact) mass is 366 g/mol. The van der Waals surface area contributed by atoms with E-state index in [0.29, 0.717) is 0 Å². The number of anilines is 1. The maximum absolute atomic E-state index is 13.0. The minimum atomic E-state index is -0.180. The second-order valence-electron chi connectivity index (χ2n) is 9.58. The van der Waals surface area contributed by atoms with Crippen molar-refractivity contribution in [2.75, 3.05) is 11.9 Å². The van der Waals surface area contributed by atoms with Crippen molar-refractivity contribution < 1.29 is 9.59 Å². The lowest BCUT2D eigenvalue weighted by Crippen LogP contribution is -2.54. The van der Waals surface area contributed by atoms with Gasteiger partial charge in [-0.15, -0.1) is 0 Å². The predicted octanol–water partition coefficient (Wildman–Crippen LogP) is 3.84. The second-order valence-corrected chi connectivity index (χ2v) is 9.58. The maximum atomic E-state index is 13.0. The molecule has 0 aromatic heterocycles. The van der Waals surface area contributed by atoms with Crippen LogP contribution in [0.5, 0.6) is 0 Å². The molecule has 0 radical (unpaired) electrons. The summed E-state index contributed by atoms with van der Waals surface area (Å²) >= 11 is 0. The van der Waals surface area contributed by atoms with E-state index in [0.717, 1.165) is 55.5 Å². The van der Waals surface area contributed by atoms with E-state index < -0.39 is 0 Å². The molecule has 5 aliphatic carbocycles. The third-order valence-corrected chi connectivity index (χ3v) is 7.60. The molecule has 4 saturated carbocycles. The van der Waals surface area contributed by atoms with Gasteiger partial charge in [0.2, 0.25) is 11.8 Å². The van der Waals surface area contributed by atoms with Crippen LogP contribution >= 0.6 is 0 Å². The quantitative estimate of drug-likeness (QED) is 0.851. The summed E-state index contributed by atoms with van der Waals surface area (Å²) in [5, 5.41) is 6.03. The van der Waals surface area contributed by atoms with Crippen LogP contribution in [0.4, 0.5) is 5.69 Å². The van der Waals surface area contributed by atoms with Crippen LogP contribution in [0.1, 0.15) is 62.5 Å². The van der Waals surface area contributed by atoms with Crippen molar-refractivity contribution in [2.24, 2.45) is 23.2 Å². The molecule has 5 aliphatic rings. The second kappa shape index (κ2) is 6.65. The lowest BCUT2D eigenvalue weighted by atomic mass is 9.49. The largest absolute Gasteiger partial charge is 0.347 e. The summed E-state index contributed by atoms with van der Waals surface area (Å²) in [5.74, 6) is 2.25. The molecule has 2 N–H and O–H groups in total. The average Bonchev–Trinajstić information content (AvgIpc) is 2.65. The Bertz CT molecular complexity index is 734. The molecular formula is C23H30N2O2. The highest BCUT2D eigenvalue weighted by Gasteiger charge is 2.54. The summed E-state index contributed by atoms with van der Waals surface area (Å²) in [4.78, 5) is 25.5. The van der Waals surface area contributed by atoms with Crippen LogP contribution in [0.25, 0.3) is 0 Å². The lowest BCUT2D eigenvalue weighted by molar-refractivity contribution is -0.146. The van der Waals surface area contributed by atoms with Crippen LogP contribution < -0.4 is 10.6 Å². The van der Waals surface area contributed by atoms with Gasteiger partial charge in [0.05, 0.1) is 6.54 Å². The Labute approximate surface area is 161 Å². The van der Waals surface area contributed by atoms with Crippen molar-refractivity contribution in [1.82, 2.24) is 5.32 Å². The molecule has 4 nitrogen and oxygen atoms in total. The normalized spacial score (nSPS) is 33.4. The number of fused-ring (bicyclic) bond motifs is 1. The zero-order valence-corrected chi connectivity index (χ0v) is 16.1. The summed E-state index contributed by atoms with van der Waals surface area (Å²) in [6.45, 7) is 0.0876. The molecule has 144 valence electrons. The molecule has 0 unspecified atom stereocenters. The van der Waals surface area contributed by atoms with Crippen LogP contribution in [0.15, 0.2) is 18.2 Å². The molecule has 4 bridgehead atoms. The van der Waals surface area contributed by atoms with Gasteiger partial charge < -0.3 is 10.6 Å². The van der Waals surface area contributed by atoms with Gasteiger partial charge in [-0.2, -0.15) is 0 Å². The first kappa shape index (κ1) is 17.3. The van der Waals surface area contributed by atoms with Crippen LogP contribution in [0, 0.1) is 23.2 Å². The van der Waals surface area contributed by atoms with Crippen LogP contribution in [0.2, 0.25) is 0 Å². The number of benzene rings is 1. The summed E-state index contributed by atoms with van der Waals surface area (Å²) in [5.41, 5.74) is 3.39. The van der Waals surface area contributed by atoms with Crippen molar-refractivity contribution in [1.29, 1.82) is 0 Å².